The number of nitrogens with two attached hydrogens (primary N) is 1. The summed E-state index contributed by atoms with van der Waals surface area (Å²) in [5.41, 5.74) is 7.06. The Hall–Kier alpha value is -1.09. The Morgan fingerprint density at radius 1 is 1.33 bits per heavy atom. The van der Waals surface area contributed by atoms with Crippen molar-refractivity contribution in [2.24, 2.45) is 11.7 Å². The van der Waals surface area contributed by atoms with Crippen LogP contribution in [0.5, 0.6) is 0 Å². The minimum absolute atomic E-state index is 0.212. The molecule has 98 valence electrons. The average Bonchev–Trinajstić information content (AvgIpc) is 3.20. The first-order chi connectivity index (χ1) is 8.72. The van der Waals surface area contributed by atoms with Gasteiger partial charge < -0.3 is 10.6 Å². The van der Waals surface area contributed by atoms with Gasteiger partial charge in [-0.1, -0.05) is 6.07 Å². The maximum atomic E-state index is 5.82. The fourth-order valence-electron chi connectivity index (χ4n) is 2.47. The molecule has 0 spiro atoms. The van der Waals surface area contributed by atoms with E-state index in [-0.39, 0.29) is 6.04 Å². The van der Waals surface area contributed by atoms with Crippen molar-refractivity contribution >= 4 is 5.82 Å². The monoisotopic (exact) mass is 245 g/mol. The molecule has 3 nitrogen and oxygen atoms in total. The third kappa shape index (κ3) is 3.02. The molecule has 3 heteroatoms. The molecule has 1 atom stereocenters. The molecule has 3 rings (SSSR count). The lowest BCUT2D eigenvalue weighted by Gasteiger charge is -2.23. The molecule has 2 aliphatic carbocycles. The summed E-state index contributed by atoms with van der Waals surface area (Å²) >= 11 is 0. The zero-order valence-electron chi connectivity index (χ0n) is 11.2. The lowest BCUT2D eigenvalue weighted by molar-refractivity contribution is 0.705. The molecule has 0 radical (unpaired) electrons. The molecule has 0 saturated heterocycles. The molecule has 1 unspecified atom stereocenters. The molecule has 2 N–H and O–H groups in total. The third-order valence-electron chi connectivity index (χ3n) is 3.80. The first kappa shape index (κ1) is 12.0. The molecular formula is C15H23N3. The van der Waals surface area contributed by atoms with Crippen LogP contribution < -0.4 is 10.6 Å². The van der Waals surface area contributed by atoms with Crippen LogP contribution in [0.25, 0.3) is 0 Å². The van der Waals surface area contributed by atoms with Crippen LogP contribution in [0.3, 0.4) is 0 Å². The molecule has 2 fully saturated rings. The summed E-state index contributed by atoms with van der Waals surface area (Å²) in [6.45, 7) is 3.25. The molecule has 18 heavy (non-hydrogen) atoms. The maximum absolute atomic E-state index is 5.82. The van der Waals surface area contributed by atoms with Crippen LogP contribution in [0.15, 0.2) is 18.3 Å². The summed E-state index contributed by atoms with van der Waals surface area (Å²) in [5, 5.41) is 0. The molecule has 1 aromatic heterocycles. The van der Waals surface area contributed by atoms with Gasteiger partial charge in [0.2, 0.25) is 0 Å². The number of anilines is 1. The van der Waals surface area contributed by atoms with E-state index in [2.05, 4.69) is 22.0 Å². The van der Waals surface area contributed by atoms with Crippen molar-refractivity contribution in [3.05, 3.63) is 23.9 Å². The predicted octanol–water partition coefficient (Wildman–Crippen LogP) is 2.35. The van der Waals surface area contributed by atoms with Crippen molar-refractivity contribution in [2.45, 2.75) is 51.1 Å². The van der Waals surface area contributed by atoms with Gasteiger partial charge >= 0.3 is 0 Å². The van der Waals surface area contributed by atoms with Gasteiger partial charge in [-0.25, -0.2) is 4.98 Å². The van der Waals surface area contributed by atoms with Gasteiger partial charge in [-0.3, -0.25) is 0 Å². The lowest BCUT2D eigenvalue weighted by Crippen LogP contribution is -2.28. The fourth-order valence-corrected chi connectivity index (χ4v) is 2.47. The smallest absolute Gasteiger partial charge is 0.128 e. The minimum atomic E-state index is 0.212. The Kier molecular flexibility index (Phi) is 3.25. The van der Waals surface area contributed by atoms with Gasteiger partial charge in [0.25, 0.3) is 0 Å². The van der Waals surface area contributed by atoms with Crippen LogP contribution in [-0.2, 0) is 6.42 Å². The second-order valence-electron chi connectivity index (χ2n) is 6.03. The molecule has 1 heterocycles. The first-order valence-corrected chi connectivity index (χ1v) is 7.19. The fraction of sp³-hybridized carbons (Fsp3) is 0.667. The van der Waals surface area contributed by atoms with Crippen molar-refractivity contribution in [2.75, 3.05) is 11.4 Å². The molecule has 0 amide bonds. The second kappa shape index (κ2) is 4.88. The second-order valence-corrected chi connectivity index (χ2v) is 6.03. The highest BCUT2D eigenvalue weighted by molar-refractivity contribution is 5.42. The van der Waals surface area contributed by atoms with Crippen molar-refractivity contribution in [3.8, 4) is 0 Å². The number of pyridine rings is 1. The Bertz CT molecular complexity index is 391. The molecule has 1 aromatic rings. The highest BCUT2D eigenvalue weighted by Gasteiger charge is 2.34. The van der Waals surface area contributed by atoms with Crippen LogP contribution in [-0.4, -0.2) is 23.6 Å². The zero-order chi connectivity index (χ0) is 12.5. The van der Waals surface area contributed by atoms with Crippen LogP contribution in [0.1, 0.15) is 38.2 Å². The molecule has 2 saturated carbocycles. The van der Waals surface area contributed by atoms with E-state index in [0.717, 1.165) is 24.2 Å². The number of rotatable bonds is 6. The average molecular weight is 245 g/mol. The predicted molar refractivity (Wildman–Crippen MR) is 74.7 cm³/mol. The van der Waals surface area contributed by atoms with E-state index in [1.165, 1.54) is 37.8 Å². The Balaban J connectivity index is 1.68. The van der Waals surface area contributed by atoms with Gasteiger partial charge in [0.05, 0.1) is 0 Å². The first-order valence-electron chi connectivity index (χ1n) is 7.19. The van der Waals surface area contributed by atoms with E-state index in [0.29, 0.717) is 0 Å². The Morgan fingerprint density at radius 3 is 2.61 bits per heavy atom. The van der Waals surface area contributed by atoms with Crippen molar-refractivity contribution in [3.63, 3.8) is 0 Å². The third-order valence-corrected chi connectivity index (χ3v) is 3.80. The number of nitrogens with zero attached hydrogens (tertiary/aromatic N) is 2. The molecule has 0 aliphatic heterocycles. The van der Waals surface area contributed by atoms with Crippen molar-refractivity contribution in [1.29, 1.82) is 0 Å². The lowest BCUT2D eigenvalue weighted by atomic mass is 10.1. The van der Waals surface area contributed by atoms with Gasteiger partial charge in [0.15, 0.2) is 0 Å². The number of aromatic nitrogens is 1. The minimum Gasteiger partial charge on any atom is -0.353 e. The highest BCUT2D eigenvalue weighted by Crippen LogP contribution is 2.36. The molecule has 2 aliphatic rings. The maximum Gasteiger partial charge on any atom is 0.128 e. The van der Waals surface area contributed by atoms with E-state index in [1.807, 2.05) is 13.1 Å². The van der Waals surface area contributed by atoms with Crippen molar-refractivity contribution < 1.29 is 0 Å². The van der Waals surface area contributed by atoms with Crippen LogP contribution in [0.2, 0.25) is 0 Å². The van der Waals surface area contributed by atoms with Gasteiger partial charge in [-0.15, -0.1) is 0 Å². The normalized spacial score (nSPS) is 20.8. The van der Waals surface area contributed by atoms with E-state index < -0.39 is 0 Å². The quantitative estimate of drug-likeness (QED) is 0.836. The molecular weight excluding hydrogens is 222 g/mol. The zero-order valence-corrected chi connectivity index (χ0v) is 11.2. The summed E-state index contributed by atoms with van der Waals surface area (Å²) in [7, 11) is 0. The summed E-state index contributed by atoms with van der Waals surface area (Å²) in [5.74, 6) is 2.09. The van der Waals surface area contributed by atoms with Gasteiger partial charge in [-0.05, 0) is 56.6 Å². The van der Waals surface area contributed by atoms with E-state index >= 15 is 0 Å². The van der Waals surface area contributed by atoms with Gasteiger partial charge in [0, 0.05) is 24.8 Å². The van der Waals surface area contributed by atoms with Crippen molar-refractivity contribution in [1.82, 2.24) is 4.98 Å². The summed E-state index contributed by atoms with van der Waals surface area (Å²) in [6, 6.07) is 5.34. The van der Waals surface area contributed by atoms with Crippen LogP contribution >= 0.6 is 0 Å². The number of hydrogen-bond acceptors (Lipinski definition) is 3. The summed E-state index contributed by atoms with van der Waals surface area (Å²) < 4.78 is 0. The summed E-state index contributed by atoms with van der Waals surface area (Å²) in [4.78, 5) is 7.17. The summed E-state index contributed by atoms with van der Waals surface area (Å²) in [6.07, 6.45) is 8.42. The standard InChI is InChI=1S/C15H23N3/c1-11(16)8-13-4-7-15(17-9-13)18(14-5-6-14)10-12-2-3-12/h4,7,9,11-12,14H,2-3,5-6,8,10,16H2,1H3. The largest absolute Gasteiger partial charge is 0.353 e. The molecule has 0 aromatic carbocycles. The van der Waals surface area contributed by atoms with E-state index in [4.69, 9.17) is 5.73 Å². The van der Waals surface area contributed by atoms with E-state index in [9.17, 15) is 0 Å². The Labute approximate surface area is 109 Å². The topological polar surface area (TPSA) is 42.1 Å². The van der Waals surface area contributed by atoms with Gasteiger partial charge in [-0.2, -0.15) is 0 Å². The highest BCUT2D eigenvalue weighted by atomic mass is 15.2. The Morgan fingerprint density at radius 2 is 2.11 bits per heavy atom. The van der Waals surface area contributed by atoms with Gasteiger partial charge in [0.1, 0.15) is 5.82 Å². The molecule has 0 bridgehead atoms. The van der Waals surface area contributed by atoms with Crippen LogP contribution in [0, 0.1) is 5.92 Å². The SMILES string of the molecule is CC(N)Cc1ccc(N(CC2CC2)C2CC2)nc1. The number of hydrogen-bond donors (Lipinski definition) is 1. The van der Waals surface area contributed by atoms with E-state index in [1.54, 1.807) is 0 Å². The van der Waals surface area contributed by atoms with Crippen LogP contribution in [0.4, 0.5) is 5.82 Å².